The van der Waals surface area contributed by atoms with E-state index in [4.69, 9.17) is 11.3 Å². The molecule has 0 radical (unpaired) electrons. The zero-order valence-corrected chi connectivity index (χ0v) is 15.3. The van der Waals surface area contributed by atoms with Gasteiger partial charge in [-0.05, 0) is 40.0 Å². The number of allylic oxidation sites excluding steroid dienone is 1. The Kier molecular flexibility index (Phi) is 3.47. The molecule has 0 amide bonds. The highest BCUT2D eigenvalue weighted by atomic mass is 16.5. The minimum atomic E-state index is -0.674. The molecular weight excluding hydrogens is 248 g/mol. The predicted octanol–water partition coefficient (Wildman–Crippen LogP) is 4.57. The average Bonchev–Trinajstić information content (AvgIpc) is 2.41. The zero-order valence-electron chi connectivity index (χ0n) is 16.3. The van der Waals surface area contributed by atoms with Gasteiger partial charge in [-0.25, -0.2) is 0 Å². The number of hydrogen-bond donors (Lipinski definition) is 1. The van der Waals surface area contributed by atoms with Gasteiger partial charge in [0.15, 0.2) is 0 Å². The molecule has 1 rings (SSSR count). The van der Waals surface area contributed by atoms with E-state index in [0.29, 0.717) is 0 Å². The molecule has 1 N–H and O–H groups in total. The molecule has 0 saturated carbocycles. The monoisotopic (exact) mass is 284 g/mol. The Labute approximate surface area is 127 Å². The maximum Gasteiger partial charge on any atom is 0.211 e. The van der Waals surface area contributed by atoms with Crippen LogP contribution in [0.25, 0.3) is 0 Å². The Hall–Kier alpha value is -0.340. The van der Waals surface area contributed by atoms with Gasteiger partial charge >= 0.3 is 0 Å². The maximum absolute atomic E-state index is 7.91. The maximum atomic E-state index is 7.91. The van der Waals surface area contributed by atoms with Gasteiger partial charge in [0.25, 0.3) is 0 Å². The highest BCUT2D eigenvalue weighted by molar-refractivity contribution is 5.38. The Balaban J connectivity index is 3.91. The molecule has 2 heteroatoms. The lowest BCUT2D eigenvalue weighted by Gasteiger charge is -2.66. The first-order valence-electron chi connectivity index (χ1n) is 7.97. The van der Waals surface area contributed by atoms with Crippen molar-refractivity contribution in [1.82, 2.24) is 0 Å². The molecule has 0 heterocycles. The van der Waals surface area contributed by atoms with Gasteiger partial charge in [0.2, 0.25) is 1.43 Å². The third kappa shape index (κ3) is 1.64. The summed E-state index contributed by atoms with van der Waals surface area (Å²) < 4.78 is 13.8. The molecular formula is C18H34O2. The van der Waals surface area contributed by atoms with Crippen LogP contribution in [-0.2, 0) is 4.74 Å². The van der Waals surface area contributed by atoms with E-state index in [1.165, 1.54) is 11.1 Å². The summed E-state index contributed by atoms with van der Waals surface area (Å²) in [6, 6.07) is 0. The number of aliphatic hydroxyl groups is 1. The summed E-state index contributed by atoms with van der Waals surface area (Å²) in [5.41, 5.74) is 0.836. The van der Waals surface area contributed by atoms with Crippen molar-refractivity contribution in [3.05, 3.63) is 11.1 Å². The van der Waals surface area contributed by atoms with Gasteiger partial charge in [-0.3, -0.25) is 0 Å². The van der Waals surface area contributed by atoms with E-state index < -0.39 is 16.6 Å². The quantitative estimate of drug-likeness (QED) is 0.769. The van der Waals surface area contributed by atoms with Gasteiger partial charge < -0.3 is 9.85 Å². The summed E-state index contributed by atoms with van der Waals surface area (Å²) in [5.74, 6) is 0. The van der Waals surface area contributed by atoms with Gasteiger partial charge in [-0.15, -0.1) is 0 Å². The lowest BCUT2D eigenvalue weighted by atomic mass is 9.41. The fourth-order valence-corrected chi connectivity index (χ4v) is 4.12. The summed E-state index contributed by atoms with van der Waals surface area (Å²) >= 11 is 0. The third-order valence-corrected chi connectivity index (χ3v) is 7.67. The number of ether oxygens (including phenoxy) is 1. The summed E-state index contributed by atoms with van der Waals surface area (Å²) in [4.78, 5) is 0. The molecule has 2 atom stereocenters. The number of rotatable bonds is 3. The summed E-state index contributed by atoms with van der Waals surface area (Å²) in [7, 11) is 1.74. The standard InChI is InChI=1S/C18H34O2/c1-12-13(2)17(9,16(7,8)20-11)18(10,19)15(5,6)14(12,3)4/h19H,1-11H3/i19T. The van der Waals surface area contributed by atoms with Crippen LogP contribution in [0.4, 0.5) is 0 Å². The fraction of sp³-hybridized carbons (Fsp3) is 0.889. The molecule has 20 heavy (non-hydrogen) atoms. The van der Waals surface area contributed by atoms with Crippen molar-refractivity contribution in [2.24, 2.45) is 16.2 Å². The van der Waals surface area contributed by atoms with Crippen LogP contribution in [0.2, 0.25) is 0 Å². The van der Waals surface area contributed by atoms with Gasteiger partial charge in [0, 0.05) is 17.9 Å². The van der Waals surface area contributed by atoms with Crippen molar-refractivity contribution in [3.8, 4) is 0 Å². The van der Waals surface area contributed by atoms with E-state index in [-0.39, 0.29) is 10.8 Å². The van der Waals surface area contributed by atoms with Crippen molar-refractivity contribution in [2.45, 2.75) is 80.4 Å². The SMILES string of the molecule is [3H]OC1(C)C(C)(C)C(C)(C)C(C)=C(C)C1(C)C(C)(C)OC. The van der Waals surface area contributed by atoms with E-state index in [1.807, 2.05) is 0 Å². The highest BCUT2D eigenvalue weighted by Crippen LogP contribution is 2.66. The van der Waals surface area contributed by atoms with Crippen molar-refractivity contribution in [3.63, 3.8) is 0 Å². The molecule has 0 bridgehead atoms. The van der Waals surface area contributed by atoms with Crippen LogP contribution < -0.4 is 0 Å². The summed E-state index contributed by atoms with van der Waals surface area (Å²) in [6.07, 6.45) is 0. The van der Waals surface area contributed by atoms with E-state index in [9.17, 15) is 0 Å². The van der Waals surface area contributed by atoms with Gasteiger partial charge in [0.1, 0.15) is 0 Å². The Morgan fingerprint density at radius 2 is 1.45 bits per heavy atom. The van der Waals surface area contributed by atoms with Crippen molar-refractivity contribution in [2.75, 3.05) is 7.11 Å². The van der Waals surface area contributed by atoms with Crippen LogP contribution in [0.15, 0.2) is 11.1 Å². The summed E-state index contributed by atoms with van der Waals surface area (Å²) in [6.45, 7) is 21.7. The second kappa shape index (κ2) is 4.33. The number of hydrogen-bond acceptors (Lipinski definition) is 2. The molecule has 0 aliphatic heterocycles. The molecule has 0 aromatic carbocycles. The Morgan fingerprint density at radius 1 is 1.00 bits per heavy atom. The molecule has 2 nitrogen and oxygen atoms in total. The first-order chi connectivity index (χ1) is 9.19. The topological polar surface area (TPSA) is 29.5 Å². The molecule has 0 spiro atoms. The van der Waals surface area contributed by atoms with E-state index in [1.54, 1.807) is 7.11 Å². The van der Waals surface area contributed by atoms with Crippen LogP contribution in [0.3, 0.4) is 0 Å². The molecule has 1 aliphatic carbocycles. The predicted molar refractivity (Wildman–Crippen MR) is 85.8 cm³/mol. The highest BCUT2D eigenvalue weighted by Gasteiger charge is 2.67. The molecule has 0 aromatic rings. The van der Waals surface area contributed by atoms with Crippen LogP contribution >= 0.6 is 0 Å². The molecule has 0 saturated heterocycles. The lowest BCUT2D eigenvalue weighted by Crippen LogP contribution is -2.69. The van der Waals surface area contributed by atoms with Crippen LogP contribution in [0.5, 0.6) is 0 Å². The number of methoxy groups -OCH3 is 1. The van der Waals surface area contributed by atoms with Gasteiger partial charge in [-0.2, -0.15) is 0 Å². The largest absolute Gasteiger partial charge is 0.389 e. The molecule has 0 aromatic heterocycles. The molecule has 1 aliphatic rings. The van der Waals surface area contributed by atoms with Gasteiger partial charge in [-0.1, -0.05) is 45.8 Å². The normalized spacial score (nSPS) is 37.9. The summed E-state index contributed by atoms with van der Waals surface area (Å²) in [5, 5.41) is 5.49. The Bertz CT molecular complexity index is 462. The van der Waals surface area contributed by atoms with Crippen molar-refractivity contribution < 1.29 is 9.85 Å². The second-order valence-electron chi connectivity index (χ2n) is 8.37. The average molecular weight is 284 g/mol. The fourth-order valence-electron chi connectivity index (χ4n) is 4.12. The van der Waals surface area contributed by atoms with Crippen molar-refractivity contribution in [1.29, 1.82) is 1.43 Å². The van der Waals surface area contributed by atoms with E-state index >= 15 is 0 Å². The zero-order chi connectivity index (χ0) is 17.1. The van der Waals surface area contributed by atoms with Crippen LogP contribution in [0, 0.1) is 16.2 Å². The lowest BCUT2D eigenvalue weighted by molar-refractivity contribution is -0.234. The van der Waals surface area contributed by atoms with E-state index in [0.717, 1.165) is 0 Å². The first kappa shape index (κ1) is 16.0. The first-order valence-corrected chi connectivity index (χ1v) is 7.57. The molecule has 0 fully saturated rings. The third-order valence-electron chi connectivity index (χ3n) is 7.67. The minimum Gasteiger partial charge on any atom is -0.389 e. The Morgan fingerprint density at radius 3 is 1.80 bits per heavy atom. The molecule has 118 valence electrons. The van der Waals surface area contributed by atoms with Crippen LogP contribution in [-0.4, -0.2) is 24.9 Å². The minimum absolute atomic E-state index is 0.0593. The van der Waals surface area contributed by atoms with Crippen LogP contribution in [0.1, 0.15) is 69.2 Å². The second-order valence-corrected chi connectivity index (χ2v) is 8.37. The van der Waals surface area contributed by atoms with Gasteiger partial charge in [0.05, 0.1) is 11.2 Å². The molecule has 2 unspecified atom stereocenters. The van der Waals surface area contributed by atoms with E-state index in [2.05, 4.69) is 69.2 Å². The van der Waals surface area contributed by atoms with Crippen molar-refractivity contribution >= 4 is 0 Å². The smallest absolute Gasteiger partial charge is 0.211 e.